The summed E-state index contributed by atoms with van der Waals surface area (Å²) in [5.74, 6) is -1.01. The fourth-order valence-corrected chi connectivity index (χ4v) is 5.87. The van der Waals surface area contributed by atoms with Crippen LogP contribution in [0, 0.1) is 5.92 Å². The normalized spacial score (nSPS) is 28.4. The number of carbonyl (C=O) groups is 4. The van der Waals surface area contributed by atoms with Crippen molar-refractivity contribution in [3.05, 3.63) is 35.4 Å². The van der Waals surface area contributed by atoms with Gasteiger partial charge in [-0.15, -0.1) is 0 Å². The third-order valence-electron chi connectivity index (χ3n) is 7.44. The van der Waals surface area contributed by atoms with Gasteiger partial charge in [0, 0.05) is 19.6 Å². The highest BCUT2D eigenvalue weighted by molar-refractivity contribution is 6.21. The van der Waals surface area contributed by atoms with Gasteiger partial charge in [-0.05, 0) is 50.7 Å². The topological polar surface area (TPSA) is 78.0 Å². The van der Waals surface area contributed by atoms with Gasteiger partial charge in [-0.1, -0.05) is 25.0 Å². The predicted octanol–water partition coefficient (Wildman–Crippen LogP) is 2.45. The molecule has 2 saturated heterocycles. The van der Waals surface area contributed by atoms with Crippen molar-refractivity contribution in [3.63, 3.8) is 0 Å². The minimum atomic E-state index is -0.434. The first-order valence-corrected chi connectivity index (χ1v) is 11.6. The standard InChI is InChI=1S/C24H29N3O4/c28-21(26-15-7-12-20(26)24(31)25-13-5-6-14-25)18-10-3-4-11-19(18)27-22(29)16-8-1-2-9-17(16)23(27)30/h1-2,8-9,18-20H,3-7,10-15H2/t18-,19+,20+/m1/s1. The molecular formula is C24H29N3O4. The van der Waals surface area contributed by atoms with Crippen molar-refractivity contribution in [2.75, 3.05) is 19.6 Å². The van der Waals surface area contributed by atoms with E-state index in [1.165, 1.54) is 4.90 Å². The van der Waals surface area contributed by atoms with E-state index in [1.807, 2.05) is 4.90 Å². The Balaban J connectivity index is 1.38. The first-order chi connectivity index (χ1) is 15.1. The number of benzene rings is 1. The monoisotopic (exact) mass is 423 g/mol. The van der Waals surface area contributed by atoms with Crippen molar-refractivity contribution < 1.29 is 19.2 Å². The van der Waals surface area contributed by atoms with Gasteiger partial charge in [-0.25, -0.2) is 0 Å². The Hall–Kier alpha value is -2.70. The van der Waals surface area contributed by atoms with Gasteiger partial charge >= 0.3 is 0 Å². The van der Waals surface area contributed by atoms with Crippen LogP contribution in [0.4, 0.5) is 0 Å². The molecule has 5 rings (SSSR count). The molecule has 31 heavy (non-hydrogen) atoms. The highest BCUT2D eigenvalue weighted by Crippen LogP contribution is 2.36. The molecule has 3 aliphatic heterocycles. The van der Waals surface area contributed by atoms with Gasteiger partial charge in [0.05, 0.1) is 23.1 Å². The third-order valence-corrected chi connectivity index (χ3v) is 7.44. The maximum Gasteiger partial charge on any atom is 0.261 e. The van der Waals surface area contributed by atoms with Gasteiger partial charge in [0.25, 0.3) is 11.8 Å². The van der Waals surface area contributed by atoms with E-state index < -0.39 is 18.0 Å². The van der Waals surface area contributed by atoms with E-state index in [4.69, 9.17) is 0 Å². The summed E-state index contributed by atoms with van der Waals surface area (Å²) in [6.07, 6.45) is 6.64. The van der Waals surface area contributed by atoms with Crippen molar-refractivity contribution in [1.82, 2.24) is 14.7 Å². The molecule has 3 atom stereocenters. The quantitative estimate of drug-likeness (QED) is 0.700. The molecule has 0 aromatic heterocycles. The summed E-state index contributed by atoms with van der Waals surface area (Å²) in [4.78, 5) is 57.8. The van der Waals surface area contributed by atoms with E-state index in [-0.39, 0.29) is 23.6 Å². The van der Waals surface area contributed by atoms with E-state index in [9.17, 15) is 19.2 Å². The minimum Gasteiger partial charge on any atom is -0.341 e. The molecule has 1 aromatic rings. The Kier molecular flexibility index (Phi) is 5.28. The van der Waals surface area contributed by atoms with E-state index in [1.54, 1.807) is 29.2 Å². The molecule has 1 saturated carbocycles. The minimum absolute atomic E-state index is 0.0590. The summed E-state index contributed by atoms with van der Waals surface area (Å²) < 4.78 is 0. The van der Waals surface area contributed by atoms with Crippen molar-refractivity contribution in [2.24, 2.45) is 5.92 Å². The Labute approximate surface area is 182 Å². The highest BCUT2D eigenvalue weighted by atomic mass is 16.2. The molecule has 7 heteroatoms. The number of nitrogens with zero attached hydrogens (tertiary/aromatic N) is 3. The van der Waals surface area contributed by atoms with Crippen LogP contribution in [0.1, 0.15) is 72.1 Å². The smallest absolute Gasteiger partial charge is 0.261 e. The van der Waals surface area contributed by atoms with E-state index in [2.05, 4.69) is 0 Å². The third kappa shape index (κ3) is 3.34. The number of imide groups is 1. The molecule has 3 heterocycles. The molecule has 0 unspecified atom stereocenters. The average Bonchev–Trinajstić information content (AvgIpc) is 3.54. The fraction of sp³-hybridized carbons (Fsp3) is 0.583. The number of hydrogen-bond donors (Lipinski definition) is 0. The summed E-state index contributed by atoms with van der Waals surface area (Å²) in [5.41, 5.74) is 0.847. The van der Waals surface area contributed by atoms with Gasteiger partial charge < -0.3 is 9.80 Å². The zero-order chi connectivity index (χ0) is 21.5. The van der Waals surface area contributed by atoms with Gasteiger partial charge in [0.15, 0.2) is 0 Å². The lowest BCUT2D eigenvalue weighted by molar-refractivity contribution is -0.147. The lowest BCUT2D eigenvalue weighted by Gasteiger charge is -2.39. The molecule has 0 radical (unpaired) electrons. The second-order valence-electron chi connectivity index (χ2n) is 9.21. The average molecular weight is 424 g/mol. The van der Waals surface area contributed by atoms with Gasteiger partial charge in [0.1, 0.15) is 6.04 Å². The van der Waals surface area contributed by atoms with Crippen molar-refractivity contribution in [2.45, 2.75) is 63.5 Å². The number of rotatable bonds is 3. The van der Waals surface area contributed by atoms with E-state index >= 15 is 0 Å². The summed E-state index contributed by atoms with van der Waals surface area (Å²) in [5, 5.41) is 0. The molecule has 4 aliphatic rings. The van der Waals surface area contributed by atoms with Crippen LogP contribution >= 0.6 is 0 Å². The number of fused-ring (bicyclic) bond motifs is 1. The van der Waals surface area contributed by atoms with Gasteiger partial charge in [-0.2, -0.15) is 0 Å². The van der Waals surface area contributed by atoms with Crippen LogP contribution in [-0.4, -0.2) is 70.0 Å². The molecule has 3 fully saturated rings. The summed E-state index contributed by atoms with van der Waals surface area (Å²) in [6.45, 7) is 2.13. The Morgan fingerprint density at radius 1 is 0.742 bits per heavy atom. The molecule has 0 N–H and O–H groups in total. The number of likely N-dealkylation sites (tertiary alicyclic amines) is 2. The molecule has 1 aliphatic carbocycles. The first kappa shape index (κ1) is 20.2. The lowest BCUT2D eigenvalue weighted by Crippen LogP contribution is -2.54. The predicted molar refractivity (Wildman–Crippen MR) is 113 cm³/mol. The zero-order valence-corrected chi connectivity index (χ0v) is 17.8. The maximum absolute atomic E-state index is 13.7. The van der Waals surface area contributed by atoms with E-state index in [0.29, 0.717) is 36.9 Å². The molecular weight excluding hydrogens is 394 g/mol. The number of amides is 4. The fourth-order valence-electron chi connectivity index (χ4n) is 5.87. The van der Waals surface area contributed by atoms with Gasteiger partial charge in [0.2, 0.25) is 11.8 Å². The summed E-state index contributed by atoms with van der Waals surface area (Å²) in [6, 6.07) is 6.05. The highest BCUT2D eigenvalue weighted by Gasteiger charge is 2.48. The number of carbonyl (C=O) groups excluding carboxylic acids is 4. The molecule has 4 amide bonds. The maximum atomic E-state index is 13.7. The zero-order valence-electron chi connectivity index (χ0n) is 17.8. The molecule has 7 nitrogen and oxygen atoms in total. The van der Waals surface area contributed by atoms with Crippen LogP contribution in [0.2, 0.25) is 0 Å². The van der Waals surface area contributed by atoms with Crippen LogP contribution in [0.25, 0.3) is 0 Å². The second-order valence-corrected chi connectivity index (χ2v) is 9.21. The van der Waals surface area contributed by atoms with Crippen molar-refractivity contribution in [3.8, 4) is 0 Å². The van der Waals surface area contributed by atoms with Crippen LogP contribution in [0.3, 0.4) is 0 Å². The van der Waals surface area contributed by atoms with Gasteiger partial charge in [-0.3, -0.25) is 24.1 Å². The van der Waals surface area contributed by atoms with E-state index in [0.717, 1.165) is 45.2 Å². The Morgan fingerprint density at radius 2 is 1.39 bits per heavy atom. The van der Waals surface area contributed by atoms with Crippen LogP contribution < -0.4 is 0 Å². The van der Waals surface area contributed by atoms with Crippen LogP contribution in [0.15, 0.2) is 24.3 Å². The van der Waals surface area contributed by atoms with Crippen molar-refractivity contribution in [1.29, 1.82) is 0 Å². The Bertz CT molecular complexity index is 888. The Morgan fingerprint density at radius 3 is 2.06 bits per heavy atom. The molecule has 164 valence electrons. The molecule has 0 bridgehead atoms. The summed E-state index contributed by atoms with van der Waals surface area (Å²) in [7, 11) is 0. The molecule has 1 aromatic carbocycles. The SMILES string of the molecule is O=C([C@@H]1CCCN1C(=O)[C@@H]1CCCC[C@@H]1N1C(=O)c2ccccc2C1=O)N1CCCC1. The first-order valence-electron chi connectivity index (χ1n) is 11.6. The summed E-state index contributed by atoms with van der Waals surface area (Å²) >= 11 is 0. The molecule has 0 spiro atoms. The second kappa shape index (κ2) is 8.09. The van der Waals surface area contributed by atoms with Crippen LogP contribution in [-0.2, 0) is 9.59 Å². The van der Waals surface area contributed by atoms with Crippen LogP contribution in [0.5, 0.6) is 0 Å². The number of hydrogen-bond acceptors (Lipinski definition) is 4. The largest absolute Gasteiger partial charge is 0.341 e. The van der Waals surface area contributed by atoms with Crippen molar-refractivity contribution >= 4 is 23.6 Å². The lowest BCUT2D eigenvalue weighted by atomic mass is 9.82.